The van der Waals surface area contributed by atoms with Gasteiger partial charge in [0, 0.05) is 23.0 Å². The van der Waals surface area contributed by atoms with Crippen LogP contribution in [-0.2, 0) is 13.0 Å². The van der Waals surface area contributed by atoms with Crippen LogP contribution in [-0.4, -0.2) is 29.5 Å². The Balaban J connectivity index is 1.42. The standard InChI is InChI=1S/C21H18ClFN6O/c22-15-7-5-13(6-8-15)20-27-28(21(30)29(20)16-9-10-16)12-19-24-18(25-26-19)11-14-3-1-2-4-17(14)23/h1-8,16H,9-12H2,(H,24,25,26). The Kier molecular flexibility index (Phi) is 4.71. The predicted octanol–water partition coefficient (Wildman–Crippen LogP) is 3.60. The van der Waals surface area contributed by atoms with E-state index in [1.165, 1.54) is 10.7 Å². The van der Waals surface area contributed by atoms with Crippen LogP contribution < -0.4 is 5.69 Å². The van der Waals surface area contributed by atoms with Crippen LogP contribution in [0.25, 0.3) is 11.4 Å². The molecule has 0 saturated heterocycles. The lowest BCUT2D eigenvalue weighted by atomic mass is 10.1. The number of rotatable bonds is 6. The topological polar surface area (TPSA) is 81.4 Å². The Morgan fingerprint density at radius 1 is 1.13 bits per heavy atom. The molecule has 1 N–H and O–H groups in total. The molecule has 7 nitrogen and oxygen atoms in total. The molecular weight excluding hydrogens is 407 g/mol. The highest BCUT2D eigenvalue weighted by Crippen LogP contribution is 2.36. The molecule has 0 unspecified atom stereocenters. The minimum atomic E-state index is -0.296. The molecule has 0 spiro atoms. The molecular formula is C21H18ClFN6O. The number of aromatic nitrogens is 6. The molecule has 9 heteroatoms. The van der Waals surface area contributed by atoms with Gasteiger partial charge in [-0.3, -0.25) is 9.67 Å². The molecule has 1 aliphatic carbocycles. The molecule has 2 aromatic heterocycles. The first kappa shape index (κ1) is 18.7. The van der Waals surface area contributed by atoms with Gasteiger partial charge in [-0.2, -0.15) is 5.10 Å². The third-order valence-electron chi connectivity index (χ3n) is 5.07. The summed E-state index contributed by atoms with van der Waals surface area (Å²) in [4.78, 5) is 17.4. The number of aromatic amines is 1. The minimum absolute atomic E-state index is 0.156. The highest BCUT2D eigenvalue weighted by Gasteiger charge is 2.30. The van der Waals surface area contributed by atoms with E-state index in [9.17, 15) is 9.18 Å². The van der Waals surface area contributed by atoms with Crippen molar-refractivity contribution in [2.45, 2.75) is 31.8 Å². The maximum atomic E-state index is 13.9. The van der Waals surface area contributed by atoms with Crippen molar-refractivity contribution >= 4 is 11.6 Å². The molecule has 4 aromatic rings. The highest BCUT2D eigenvalue weighted by atomic mass is 35.5. The van der Waals surface area contributed by atoms with E-state index in [0.29, 0.717) is 28.1 Å². The van der Waals surface area contributed by atoms with Crippen molar-refractivity contribution in [3.05, 3.63) is 87.1 Å². The molecule has 1 saturated carbocycles. The number of halogens is 2. The van der Waals surface area contributed by atoms with Gasteiger partial charge in [0.15, 0.2) is 11.6 Å². The van der Waals surface area contributed by atoms with E-state index in [1.807, 2.05) is 12.1 Å². The van der Waals surface area contributed by atoms with Crippen molar-refractivity contribution in [2.24, 2.45) is 0 Å². The predicted molar refractivity (Wildman–Crippen MR) is 110 cm³/mol. The van der Waals surface area contributed by atoms with Gasteiger partial charge in [0.25, 0.3) is 0 Å². The lowest BCUT2D eigenvalue weighted by Gasteiger charge is -2.03. The molecule has 1 fully saturated rings. The summed E-state index contributed by atoms with van der Waals surface area (Å²) in [5.41, 5.74) is 1.16. The van der Waals surface area contributed by atoms with Crippen molar-refractivity contribution in [3.63, 3.8) is 0 Å². The zero-order chi connectivity index (χ0) is 20.7. The largest absolute Gasteiger partial charge is 0.346 e. The fraction of sp³-hybridized carbons (Fsp3) is 0.238. The van der Waals surface area contributed by atoms with Gasteiger partial charge >= 0.3 is 5.69 Å². The van der Waals surface area contributed by atoms with Gasteiger partial charge < -0.3 is 0 Å². The quantitative estimate of drug-likeness (QED) is 0.512. The Morgan fingerprint density at radius 3 is 2.63 bits per heavy atom. The third-order valence-corrected chi connectivity index (χ3v) is 5.32. The smallest absolute Gasteiger partial charge is 0.272 e. The van der Waals surface area contributed by atoms with Gasteiger partial charge in [-0.1, -0.05) is 29.8 Å². The van der Waals surface area contributed by atoms with Crippen LogP contribution in [0.3, 0.4) is 0 Å². The van der Waals surface area contributed by atoms with E-state index in [1.54, 1.807) is 34.9 Å². The Bertz CT molecular complexity index is 1260. The molecule has 30 heavy (non-hydrogen) atoms. The number of hydrogen-bond acceptors (Lipinski definition) is 4. The molecule has 1 aliphatic rings. The molecule has 0 aliphatic heterocycles. The van der Waals surface area contributed by atoms with Crippen LogP contribution in [0.5, 0.6) is 0 Å². The molecule has 2 aromatic carbocycles. The first-order valence-corrected chi connectivity index (χ1v) is 10.0. The average Bonchev–Trinajstić information content (AvgIpc) is 3.40. The van der Waals surface area contributed by atoms with Crippen molar-refractivity contribution in [3.8, 4) is 11.4 Å². The molecule has 0 radical (unpaired) electrons. The van der Waals surface area contributed by atoms with Gasteiger partial charge in [0.2, 0.25) is 0 Å². The summed E-state index contributed by atoms with van der Waals surface area (Å²) in [5.74, 6) is 1.27. The summed E-state index contributed by atoms with van der Waals surface area (Å²) in [5, 5.41) is 12.2. The van der Waals surface area contributed by atoms with E-state index in [0.717, 1.165) is 18.4 Å². The van der Waals surface area contributed by atoms with Gasteiger partial charge in [-0.25, -0.2) is 18.9 Å². The number of benzene rings is 2. The highest BCUT2D eigenvalue weighted by molar-refractivity contribution is 6.30. The molecule has 2 heterocycles. The summed E-state index contributed by atoms with van der Waals surface area (Å²) in [6.45, 7) is 0.156. The maximum Gasteiger partial charge on any atom is 0.346 e. The second kappa shape index (κ2) is 7.53. The van der Waals surface area contributed by atoms with E-state index in [-0.39, 0.29) is 30.5 Å². The van der Waals surface area contributed by atoms with Gasteiger partial charge in [0.1, 0.15) is 18.2 Å². The third kappa shape index (κ3) is 3.66. The van der Waals surface area contributed by atoms with Gasteiger partial charge in [0.05, 0.1) is 0 Å². The number of nitrogens with zero attached hydrogens (tertiary/aromatic N) is 5. The van der Waals surface area contributed by atoms with Crippen LogP contribution in [0, 0.1) is 5.82 Å². The lowest BCUT2D eigenvalue weighted by molar-refractivity contribution is 0.607. The van der Waals surface area contributed by atoms with E-state index in [2.05, 4.69) is 20.3 Å². The lowest BCUT2D eigenvalue weighted by Crippen LogP contribution is -2.25. The molecule has 0 bridgehead atoms. The number of nitrogens with one attached hydrogen (secondary N) is 1. The number of hydrogen-bond donors (Lipinski definition) is 1. The second-order valence-corrected chi connectivity index (χ2v) is 7.77. The summed E-state index contributed by atoms with van der Waals surface area (Å²) in [6, 6.07) is 14.0. The Labute approximate surface area is 176 Å². The molecule has 0 atom stereocenters. The molecule has 0 amide bonds. The van der Waals surface area contributed by atoms with Gasteiger partial charge in [-0.15, -0.1) is 5.10 Å². The second-order valence-electron chi connectivity index (χ2n) is 7.34. The molecule has 152 valence electrons. The average molecular weight is 425 g/mol. The van der Waals surface area contributed by atoms with Gasteiger partial charge in [-0.05, 0) is 48.7 Å². The fourth-order valence-corrected chi connectivity index (χ4v) is 3.55. The zero-order valence-electron chi connectivity index (χ0n) is 15.9. The first-order valence-electron chi connectivity index (χ1n) is 9.67. The maximum absolute atomic E-state index is 13.9. The van der Waals surface area contributed by atoms with Crippen LogP contribution in [0.15, 0.2) is 53.3 Å². The summed E-state index contributed by atoms with van der Waals surface area (Å²) >= 11 is 5.99. The van der Waals surface area contributed by atoms with Crippen molar-refractivity contribution in [2.75, 3.05) is 0 Å². The minimum Gasteiger partial charge on any atom is -0.272 e. The fourth-order valence-electron chi connectivity index (χ4n) is 3.42. The summed E-state index contributed by atoms with van der Waals surface area (Å²) in [7, 11) is 0. The van der Waals surface area contributed by atoms with Crippen molar-refractivity contribution < 1.29 is 4.39 Å². The van der Waals surface area contributed by atoms with Crippen LogP contribution in [0.4, 0.5) is 4.39 Å². The van der Waals surface area contributed by atoms with E-state index in [4.69, 9.17) is 11.6 Å². The summed E-state index contributed by atoms with van der Waals surface area (Å²) < 4.78 is 17.0. The summed E-state index contributed by atoms with van der Waals surface area (Å²) in [6.07, 6.45) is 2.19. The normalized spacial score (nSPS) is 13.7. The van der Waals surface area contributed by atoms with E-state index < -0.39 is 0 Å². The monoisotopic (exact) mass is 424 g/mol. The SMILES string of the molecule is O=c1n(Cc2nc(Cc3ccccc3F)n[nH]2)nc(-c2ccc(Cl)cc2)n1C1CC1. The van der Waals surface area contributed by atoms with Crippen LogP contribution in [0.2, 0.25) is 5.02 Å². The van der Waals surface area contributed by atoms with Crippen LogP contribution in [0.1, 0.15) is 36.1 Å². The number of H-pyrrole nitrogens is 1. The zero-order valence-corrected chi connectivity index (χ0v) is 16.7. The van der Waals surface area contributed by atoms with Crippen molar-refractivity contribution in [1.82, 2.24) is 29.5 Å². The molecule has 5 rings (SSSR count). The van der Waals surface area contributed by atoms with Crippen LogP contribution >= 0.6 is 11.6 Å². The Morgan fingerprint density at radius 2 is 1.90 bits per heavy atom. The Hall–Kier alpha value is -3.26. The first-order chi connectivity index (χ1) is 14.6. The van der Waals surface area contributed by atoms with Crippen molar-refractivity contribution in [1.29, 1.82) is 0 Å². The van der Waals surface area contributed by atoms with E-state index >= 15 is 0 Å².